The molecule has 0 radical (unpaired) electrons. The molecule has 97 heavy (non-hydrogen) atoms. The van der Waals surface area contributed by atoms with E-state index in [4.69, 9.17) is 23.8 Å². The van der Waals surface area contributed by atoms with Gasteiger partial charge in [0.05, 0.1) is 6.61 Å². The molecule has 4 aromatic rings. The smallest absolute Gasteiger partial charge is 0.306 e. The van der Waals surface area contributed by atoms with Crippen molar-refractivity contribution in [2.45, 2.75) is 322 Å². The Morgan fingerprint density at radius 1 is 0.351 bits per heavy atom. The Kier molecular flexibility index (Phi) is 51.4. The molecule has 544 valence electrons. The van der Waals surface area contributed by atoms with Crippen molar-refractivity contribution < 1.29 is 43.0 Å². The van der Waals surface area contributed by atoms with Gasteiger partial charge in [-0.3, -0.25) is 19.2 Å². The number of ether oxygens (including phenoxy) is 1. The fourth-order valence-electron chi connectivity index (χ4n) is 13.1. The van der Waals surface area contributed by atoms with E-state index >= 15 is 0 Å². The van der Waals surface area contributed by atoms with Gasteiger partial charge in [0.1, 0.15) is 18.2 Å². The summed E-state index contributed by atoms with van der Waals surface area (Å²) in [6.45, 7) is 20.6. The first-order valence-corrected chi connectivity index (χ1v) is 42.6. The summed E-state index contributed by atoms with van der Waals surface area (Å²) in [5.74, 6) is 0.0311. The number of rotatable bonds is 55. The SMILES string of the molecule is CC(C)(C)[Si](OCCCCCCCCC(=O)CCCCCCCCC(=O)O)(c1ccccc1)c1ccccc1.CCCCCC/C=C\CO.CCCCCC/C=C\COC(=O)CCCCCCCCC(=O)CCCCCCCCO[Si](c1ccccc1)(c1ccccc1)C(C)(C)C. The molecule has 9 nitrogen and oxygen atoms in total. The first-order chi connectivity index (χ1) is 47.0. The van der Waals surface area contributed by atoms with Crippen LogP contribution in [0.3, 0.4) is 0 Å². The third kappa shape index (κ3) is 40.1. The molecule has 0 spiro atoms. The van der Waals surface area contributed by atoms with Crippen LogP contribution in [0.15, 0.2) is 146 Å². The number of unbranched alkanes of at least 4 members (excludes halogenated alkanes) is 28. The van der Waals surface area contributed by atoms with E-state index in [1.807, 2.05) is 12.2 Å². The molecule has 0 heterocycles. The second-order valence-corrected chi connectivity index (χ2v) is 37.6. The average Bonchev–Trinajstić information content (AvgIpc) is 0.763. The van der Waals surface area contributed by atoms with Gasteiger partial charge in [0.25, 0.3) is 16.6 Å². The molecule has 0 atom stereocenters. The van der Waals surface area contributed by atoms with Crippen LogP contribution in [0.4, 0.5) is 0 Å². The van der Waals surface area contributed by atoms with Gasteiger partial charge >= 0.3 is 11.9 Å². The zero-order valence-corrected chi connectivity index (χ0v) is 64.7. The van der Waals surface area contributed by atoms with Gasteiger partial charge in [0.2, 0.25) is 0 Å². The lowest BCUT2D eigenvalue weighted by Gasteiger charge is -2.43. The number of benzene rings is 4. The van der Waals surface area contributed by atoms with Crippen LogP contribution < -0.4 is 20.7 Å². The zero-order valence-electron chi connectivity index (χ0n) is 62.7. The van der Waals surface area contributed by atoms with Gasteiger partial charge in [-0.2, -0.15) is 0 Å². The lowest BCUT2D eigenvalue weighted by molar-refractivity contribution is -0.142. The number of carbonyl (C=O) groups excluding carboxylic acids is 3. The molecule has 0 aromatic heterocycles. The fraction of sp³-hybridized carbons (Fsp3) is 0.628. The molecule has 0 saturated heterocycles. The Bertz CT molecular complexity index is 2510. The standard InChI is InChI=1S/C43H68O4Si.C34H52O4Si.C9H18O/c1-5-6-7-8-12-17-28-37-46-42(45)36-27-16-10-9-14-21-30-39(44)31-22-15-11-13-18-29-38-47-48(43(2,3)4,40-32-23-19-24-33-40)41-34-25-20-26-35-41;1-34(2,3)39(31-24-16-12-17-25-31,32-26-18-13-19-27-32)38-29-21-11-7-6-9-15-23-30(35)22-14-8-4-5-10-20-28-33(36)37;1-2-3-4-5-6-7-8-9-10/h17,19-20,23-26,28,32-35H,5-16,18,21-22,27,29-31,36-38H2,1-4H3;12-13,16-19,24-27H,4-11,14-15,20-23,28-29H2,1-3H3,(H,36,37);7-8,10H,2-6,9H2,1H3/b28-17-;;8-7-. The first-order valence-electron chi connectivity index (χ1n) is 38.8. The largest absolute Gasteiger partial charge is 0.481 e. The number of hydrogen-bond donors (Lipinski definition) is 2. The van der Waals surface area contributed by atoms with Gasteiger partial charge in [-0.1, -0.05) is 342 Å². The molecule has 0 aliphatic rings. The summed E-state index contributed by atoms with van der Waals surface area (Å²) < 4.78 is 19.3. The van der Waals surface area contributed by atoms with Crippen molar-refractivity contribution in [3.8, 4) is 0 Å². The van der Waals surface area contributed by atoms with Crippen LogP contribution in [0.25, 0.3) is 0 Å². The molecule has 0 amide bonds. The average molecular weight is 1370 g/mol. The summed E-state index contributed by atoms with van der Waals surface area (Å²) >= 11 is 0. The van der Waals surface area contributed by atoms with Crippen LogP contribution in [0.2, 0.25) is 10.1 Å². The van der Waals surface area contributed by atoms with E-state index in [0.717, 1.165) is 161 Å². The number of ketones is 2. The molecule has 4 aromatic carbocycles. The number of aliphatic carboxylic acids is 1. The minimum Gasteiger partial charge on any atom is -0.481 e. The number of carboxylic acids is 1. The van der Waals surface area contributed by atoms with Crippen molar-refractivity contribution in [2.75, 3.05) is 26.4 Å². The van der Waals surface area contributed by atoms with Crippen LogP contribution >= 0.6 is 0 Å². The third-order valence-electron chi connectivity index (χ3n) is 18.6. The number of carbonyl (C=O) groups is 4. The Balaban J connectivity index is 0.000000586. The minimum atomic E-state index is -2.44. The van der Waals surface area contributed by atoms with Gasteiger partial charge in [-0.15, -0.1) is 0 Å². The van der Waals surface area contributed by atoms with Crippen molar-refractivity contribution >= 4 is 60.9 Å². The molecular formula is C86H138O9Si2. The first kappa shape index (κ1) is 88.0. The second kappa shape index (κ2) is 56.7. The number of aliphatic hydroxyl groups excluding tert-OH is 1. The number of esters is 1. The normalized spacial score (nSPS) is 11.9. The molecule has 2 N–H and O–H groups in total. The summed E-state index contributed by atoms with van der Waals surface area (Å²) in [6.07, 6.45) is 49.9. The van der Waals surface area contributed by atoms with E-state index in [2.05, 4.69) is 189 Å². The van der Waals surface area contributed by atoms with E-state index in [1.54, 1.807) is 0 Å². The van der Waals surface area contributed by atoms with Crippen molar-refractivity contribution in [1.82, 2.24) is 0 Å². The van der Waals surface area contributed by atoms with Gasteiger partial charge in [0, 0.05) is 51.7 Å². The summed E-state index contributed by atoms with van der Waals surface area (Å²) in [7, 11) is -4.87. The van der Waals surface area contributed by atoms with Gasteiger partial charge in [0.15, 0.2) is 0 Å². The lowest BCUT2D eigenvalue weighted by Crippen LogP contribution is -2.66. The van der Waals surface area contributed by atoms with E-state index in [-0.39, 0.29) is 29.1 Å². The fourth-order valence-corrected chi connectivity index (χ4v) is 22.3. The Morgan fingerprint density at radius 3 is 0.928 bits per heavy atom. The number of hydrogen-bond acceptors (Lipinski definition) is 8. The monoisotopic (exact) mass is 1370 g/mol. The topological polar surface area (TPSA) is 136 Å². The maximum atomic E-state index is 12.4. The predicted molar refractivity (Wildman–Crippen MR) is 417 cm³/mol. The molecule has 0 unspecified atom stereocenters. The molecule has 11 heteroatoms. The Morgan fingerprint density at radius 2 is 0.629 bits per heavy atom. The Hall–Kier alpha value is -5.05. The summed E-state index contributed by atoms with van der Waals surface area (Å²) in [6, 6.07) is 43.4. The van der Waals surface area contributed by atoms with Crippen molar-refractivity contribution in [3.05, 3.63) is 146 Å². The number of carboxylic acid groups (broad SMARTS) is 1. The number of aliphatic hydroxyl groups is 1. The molecule has 0 saturated carbocycles. The maximum Gasteiger partial charge on any atom is 0.306 e. The second-order valence-electron chi connectivity index (χ2n) is 29.0. The highest BCUT2D eigenvalue weighted by Crippen LogP contribution is 2.38. The van der Waals surface area contributed by atoms with Gasteiger partial charge in [-0.05, 0) is 108 Å². The lowest BCUT2D eigenvalue weighted by atomic mass is 10.0. The maximum absolute atomic E-state index is 12.4. The molecule has 0 aliphatic carbocycles. The highest BCUT2D eigenvalue weighted by molar-refractivity contribution is 7.00. The van der Waals surface area contributed by atoms with E-state index in [0.29, 0.717) is 31.0 Å². The number of Topliss-reactive ketones (excluding diaryl/α,β-unsaturated/α-hetero) is 2. The molecule has 0 aliphatic heterocycles. The molecular weight excluding hydrogens is 1230 g/mol. The quantitative estimate of drug-likeness (QED) is 0.0192. The molecule has 0 fully saturated rings. The number of allylic oxidation sites excluding steroid dienone is 2. The predicted octanol–water partition coefficient (Wildman–Crippen LogP) is 21.6. The van der Waals surface area contributed by atoms with Crippen LogP contribution in [0.1, 0.15) is 312 Å². The minimum absolute atomic E-state index is 0.0178. The molecule has 4 rings (SSSR count). The summed E-state index contributed by atoms with van der Waals surface area (Å²) in [4.78, 5) is 46.9. The highest BCUT2D eigenvalue weighted by atomic mass is 28.4. The zero-order chi connectivity index (χ0) is 70.8. The highest BCUT2D eigenvalue weighted by Gasteiger charge is 2.51. The molecule has 0 bridgehead atoms. The van der Waals surface area contributed by atoms with Gasteiger partial charge < -0.3 is 23.8 Å². The Labute approximate surface area is 594 Å². The third-order valence-corrected chi connectivity index (χ3v) is 28.7. The van der Waals surface area contributed by atoms with Crippen LogP contribution in [0.5, 0.6) is 0 Å². The van der Waals surface area contributed by atoms with Crippen molar-refractivity contribution in [1.29, 1.82) is 0 Å². The van der Waals surface area contributed by atoms with Gasteiger partial charge in [-0.25, -0.2) is 0 Å². The van der Waals surface area contributed by atoms with E-state index < -0.39 is 22.6 Å². The van der Waals surface area contributed by atoms with Crippen LogP contribution in [0, 0.1) is 0 Å². The van der Waals surface area contributed by atoms with Crippen LogP contribution in [-0.2, 0) is 32.8 Å². The summed E-state index contributed by atoms with van der Waals surface area (Å²) in [5, 5.41) is 22.4. The van der Waals surface area contributed by atoms with Crippen molar-refractivity contribution in [3.63, 3.8) is 0 Å². The van der Waals surface area contributed by atoms with Crippen molar-refractivity contribution in [2.24, 2.45) is 0 Å². The van der Waals surface area contributed by atoms with Crippen LogP contribution in [-0.4, -0.2) is 76.8 Å². The van der Waals surface area contributed by atoms with E-state index in [1.165, 1.54) is 111 Å². The van der Waals surface area contributed by atoms with E-state index in [9.17, 15) is 19.2 Å². The summed E-state index contributed by atoms with van der Waals surface area (Å²) in [5.41, 5.74) is 0.